The summed E-state index contributed by atoms with van der Waals surface area (Å²) in [6, 6.07) is 21.8. The minimum Gasteiger partial charge on any atom is -0.370 e. The van der Waals surface area contributed by atoms with E-state index in [4.69, 9.17) is 17.0 Å². The maximum atomic E-state index is 5.56. The van der Waals surface area contributed by atoms with Gasteiger partial charge in [0.1, 0.15) is 19.1 Å². The molecule has 1 saturated heterocycles. The van der Waals surface area contributed by atoms with Crippen LogP contribution in [0.5, 0.6) is 0 Å². The highest BCUT2D eigenvalue weighted by molar-refractivity contribution is 7.80. The number of benzene rings is 2. The fourth-order valence-electron chi connectivity index (χ4n) is 3.79. The highest BCUT2D eigenvalue weighted by Gasteiger charge is 2.31. The van der Waals surface area contributed by atoms with Gasteiger partial charge in [0.2, 0.25) is 0 Å². The molecule has 0 spiro atoms. The van der Waals surface area contributed by atoms with Crippen molar-refractivity contribution in [1.29, 1.82) is 0 Å². The van der Waals surface area contributed by atoms with Gasteiger partial charge >= 0.3 is 0 Å². The van der Waals surface area contributed by atoms with Crippen molar-refractivity contribution in [3.05, 3.63) is 71.8 Å². The van der Waals surface area contributed by atoms with E-state index in [1.54, 1.807) is 4.90 Å². The summed E-state index contributed by atoms with van der Waals surface area (Å²) in [6.45, 7) is 6.77. The normalized spacial score (nSPS) is 17.1. The first-order valence-electron chi connectivity index (χ1n) is 9.79. The third-order valence-electron chi connectivity index (χ3n) is 5.13. The second-order valence-electron chi connectivity index (χ2n) is 7.08. The molecule has 0 bridgehead atoms. The molecule has 5 heteroatoms. The first kappa shape index (κ1) is 19.8. The van der Waals surface area contributed by atoms with E-state index in [1.165, 1.54) is 11.1 Å². The molecular weight excluding hydrogens is 354 g/mol. The zero-order valence-electron chi connectivity index (χ0n) is 16.0. The Morgan fingerprint density at radius 1 is 1.04 bits per heavy atom. The molecule has 0 unspecified atom stereocenters. The van der Waals surface area contributed by atoms with Gasteiger partial charge in [0, 0.05) is 12.1 Å². The van der Waals surface area contributed by atoms with Crippen molar-refractivity contribution in [1.82, 2.24) is 10.6 Å². The molecule has 27 heavy (non-hydrogen) atoms. The summed E-state index contributed by atoms with van der Waals surface area (Å²) < 4.78 is 5.56. The Morgan fingerprint density at radius 3 is 2.33 bits per heavy atom. The summed E-state index contributed by atoms with van der Waals surface area (Å²) in [4.78, 5) is 1.56. The second-order valence-corrected chi connectivity index (χ2v) is 7.49. The van der Waals surface area contributed by atoms with Gasteiger partial charge in [-0.25, -0.2) is 0 Å². The first-order chi connectivity index (χ1) is 13.2. The topological polar surface area (TPSA) is 37.7 Å². The summed E-state index contributed by atoms with van der Waals surface area (Å²) in [5, 5.41) is 7.61. The predicted molar refractivity (Wildman–Crippen MR) is 114 cm³/mol. The van der Waals surface area contributed by atoms with Gasteiger partial charge in [-0.05, 0) is 31.1 Å². The van der Waals surface area contributed by atoms with E-state index in [0.29, 0.717) is 6.04 Å². The van der Waals surface area contributed by atoms with Gasteiger partial charge in [0.25, 0.3) is 0 Å². The monoisotopic (exact) mass is 384 g/mol. The number of hydrogen-bond donors (Lipinski definition) is 3. The van der Waals surface area contributed by atoms with Crippen LogP contribution in [0.25, 0.3) is 0 Å². The van der Waals surface area contributed by atoms with Crippen LogP contribution in [-0.2, 0) is 11.2 Å². The lowest BCUT2D eigenvalue weighted by molar-refractivity contribution is -0.940. The van der Waals surface area contributed by atoms with Gasteiger partial charge in [-0.1, -0.05) is 60.7 Å². The molecule has 0 aromatic heterocycles. The van der Waals surface area contributed by atoms with Crippen molar-refractivity contribution in [2.24, 2.45) is 0 Å². The van der Waals surface area contributed by atoms with E-state index in [0.717, 1.165) is 44.4 Å². The lowest BCUT2D eigenvalue weighted by Gasteiger charge is -2.35. The zero-order chi connectivity index (χ0) is 18.9. The van der Waals surface area contributed by atoms with Crippen LogP contribution in [0.15, 0.2) is 60.7 Å². The number of thiocarbonyl (C=S) groups is 1. The molecule has 3 N–H and O–H groups in total. The minimum absolute atomic E-state index is 0.234. The maximum absolute atomic E-state index is 5.56. The molecule has 2 aromatic rings. The molecule has 1 heterocycles. The molecule has 144 valence electrons. The SMILES string of the molecule is C[C@@H](NC(=S)NCCc1ccccc1)[C@H](c1ccccc1)[NH+]1CCOCC1. The van der Waals surface area contributed by atoms with Crippen LogP contribution in [0.1, 0.15) is 24.1 Å². The molecule has 1 aliphatic rings. The Morgan fingerprint density at radius 2 is 1.67 bits per heavy atom. The summed E-state index contributed by atoms with van der Waals surface area (Å²) in [6.07, 6.45) is 0.966. The fourth-order valence-corrected chi connectivity index (χ4v) is 4.08. The van der Waals surface area contributed by atoms with E-state index < -0.39 is 0 Å². The Labute approximate surface area is 167 Å². The molecule has 1 fully saturated rings. The van der Waals surface area contributed by atoms with Gasteiger partial charge in [0.05, 0.1) is 19.3 Å². The predicted octanol–water partition coefficient (Wildman–Crippen LogP) is 1.74. The number of ether oxygens (including phenoxy) is 1. The lowest BCUT2D eigenvalue weighted by atomic mass is 9.98. The quantitative estimate of drug-likeness (QED) is 0.636. The van der Waals surface area contributed by atoms with E-state index in [1.807, 2.05) is 6.07 Å². The van der Waals surface area contributed by atoms with E-state index in [9.17, 15) is 0 Å². The van der Waals surface area contributed by atoms with Crippen molar-refractivity contribution >= 4 is 17.3 Å². The van der Waals surface area contributed by atoms with E-state index in [2.05, 4.69) is 72.2 Å². The largest absolute Gasteiger partial charge is 0.370 e. The fraction of sp³-hybridized carbons (Fsp3) is 0.409. The molecule has 2 atom stereocenters. The van der Waals surface area contributed by atoms with E-state index in [-0.39, 0.29) is 6.04 Å². The number of nitrogens with one attached hydrogen (secondary N) is 3. The number of quaternary nitrogens is 1. The van der Waals surface area contributed by atoms with Crippen molar-refractivity contribution in [2.75, 3.05) is 32.8 Å². The second kappa shape index (κ2) is 10.4. The van der Waals surface area contributed by atoms with Crippen molar-refractivity contribution in [3.8, 4) is 0 Å². The van der Waals surface area contributed by atoms with Crippen LogP contribution in [0, 0.1) is 0 Å². The molecule has 0 radical (unpaired) electrons. The van der Waals surface area contributed by atoms with Gasteiger partial charge in [0.15, 0.2) is 5.11 Å². The summed E-state index contributed by atoms with van der Waals surface area (Å²) >= 11 is 5.56. The summed E-state index contributed by atoms with van der Waals surface area (Å²) in [5.74, 6) is 0. The van der Waals surface area contributed by atoms with Gasteiger partial charge in [-0.2, -0.15) is 0 Å². The third kappa shape index (κ3) is 6.03. The molecule has 0 saturated carbocycles. The van der Waals surface area contributed by atoms with Crippen molar-refractivity contribution < 1.29 is 9.64 Å². The first-order valence-corrected chi connectivity index (χ1v) is 10.2. The maximum Gasteiger partial charge on any atom is 0.166 e. The Balaban J connectivity index is 1.56. The smallest absolute Gasteiger partial charge is 0.166 e. The number of hydrogen-bond acceptors (Lipinski definition) is 2. The van der Waals surface area contributed by atoms with Crippen LogP contribution in [0.2, 0.25) is 0 Å². The highest BCUT2D eigenvalue weighted by Crippen LogP contribution is 2.14. The van der Waals surface area contributed by atoms with Crippen molar-refractivity contribution in [2.45, 2.75) is 25.4 Å². The van der Waals surface area contributed by atoms with Crippen LogP contribution in [0.4, 0.5) is 0 Å². The molecule has 2 aromatic carbocycles. The molecule has 0 amide bonds. The Hall–Kier alpha value is -1.95. The molecule has 0 aliphatic carbocycles. The standard InChI is InChI=1S/C22H29N3OS/c1-18(24-22(27)23-13-12-19-8-4-2-5-9-19)21(20-10-6-3-7-11-20)25-14-16-26-17-15-25/h2-11,18,21H,12-17H2,1H3,(H2,23,24,27)/p+1/t18-,21-/m1/s1. The summed E-state index contributed by atoms with van der Waals surface area (Å²) in [7, 11) is 0. The Bertz CT molecular complexity index is 689. The molecule has 4 nitrogen and oxygen atoms in total. The average Bonchev–Trinajstić information content (AvgIpc) is 2.70. The molecule has 1 aliphatic heterocycles. The Kier molecular flexibility index (Phi) is 7.63. The summed E-state index contributed by atoms with van der Waals surface area (Å²) in [5.41, 5.74) is 2.67. The third-order valence-corrected chi connectivity index (χ3v) is 5.40. The van der Waals surface area contributed by atoms with Crippen LogP contribution >= 0.6 is 12.2 Å². The number of rotatable bonds is 7. The zero-order valence-corrected chi connectivity index (χ0v) is 16.8. The molecular formula is C22H30N3OS+. The van der Waals surface area contributed by atoms with Gasteiger partial charge < -0.3 is 20.3 Å². The van der Waals surface area contributed by atoms with Crippen LogP contribution < -0.4 is 15.5 Å². The average molecular weight is 385 g/mol. The van der Waals surface area contributed by atoms with Crippen LogP contribution in [0.3, 0.4) is 0 Å². The lowest BCUT2D eigenvalue weighted by Crippen LogP contribution is -3.15. The number of morpholine rings is 1. The van der Waals surface area contributed by atoms with Gasteiger partial charge in [-0.3, -0.25) is 0 Å². The highest BCUT2D eigenvalue weighted by atomic mass is 32.1. The van der Waals surface area contributed by atoms with Crippen LogP contribution in [-0.4, -0.2) is 44.0 Å². The minimum atomic E-state index is 0.234. The van der Waals surface area contributed by atoms with E-state index >= 15 is 0 Å². The van der Waals surface area contributed by atoms with Crippen molar-refractivity contribution in [3.63, 3.8) is 0 Å². The molecule has 3 rings (SSSR count). The van der Waals surface area contributed by atoms with Gasteiger partial charge in [-0.15, -0.1) is 0 Å².